The second-order valence-electron chi connectivity index (χ2n) is 11.2. The van der Waals surface area contributed by atoms with Crippen molar-refractivity contribution in [1.29, 1.82) is 0 Å². The summed E-state index contributed by atoms with van der Waals surface area (Å²) in [7, 11) is 0. The number of carbonyl (C=O) groups is 3. The molecule has 0 heterocycles. The molecule has 0 aromatic rings. The van der Waals surface area contributed by atoms with Gasteiger partial charge in [-0.2, -0.15) is 11.8 Å². The minimum atomic E-state index is -1.97. The van der Waals surface area contributed by atoms with E-state index in [0.29, 0.717) is 19.3 Å². The molecule has 1 N–H and O–H groups in total. The van der Waals surface area contributed by atoms with E-state index in [1.165, 1.54) is 30.8 Å². The van der Waals surface area contributed by atoms with E-state index in [1.807, 2.05) is 20.8 Å². The Bertz CT molecular complexity index is 961. The summed E-state index contributed by atoms with van der Waals surface area (Å²) in [6.07, 6.45) is 5.76. The Morgan fingerprint density at radius 2 is 2.00 bits per heavy atom. The lowest BCUT2D eigenvalue weighted by Gasteiger charge is -2.62. The number of allylic oxidation sites excluding steroid dienone is 4. The fraction of sp³-hybridized carbons (Fsp3) is 0.741. The van der Waals surface area contributed by atoms with Crippen LogP contribution in [0.3, 0.4) is 0 Å². The smallest absolute Gasteiger partial charge is 0.303 e. The molecule has 8 atom stereocenters. The van der Waals surface area contributed by atoms with Crippen molar-refractivity contribution in [3.05, 3.63) is 23.8 Å². The van der Waals surface area contributed by atoms with Gasteiger partial charge in [0.1, 0.15) is 0 Å². The minimum Gasteiger partial charge on any atom is -0.450 e. The number of fused-ring (bicyclic) bond motifs is 5. The molecule has 3 fully saturated rings. The number of aliphatic hydroxyl groups is 1. The average Bonchev–Trinajstić information content (AvgIpc) is 2.97. The zero-order chi connectivity index (χ0) is 25.1. The van der Waals surface area contributed by atoms with Crippen molar-refractivity contribution >= 4 is 29.3 Å². The first-order valence-electron chi connectivity index (χ1n) is 12.5. The molecule has 0 radical (unpaired) electrons. The van der Waals surface area contributed by atoms with Crippen LogP contribution in [0.15, 0.2) is 23.8 Å². The number of aliphatic hydroxyl groups excluding tert-OH is 1. The number of alkyl halides is 1. The zero-order valence-corrected chi connectivity index (χ0v) is 21.7. The molecule has 0 aromatic heterocycles. The van der Waals surface area contributed by atoms with Gasteiger partial charge in [-0.15, -0.1) is 0 Å². The van der Waals surface area contributed by atoms with E-state index >= 15 is 4.39 Å². The van der Waals surface area contributed by atoms with E-state index in [2.05, 4.69) is 0 Å². The predicted octanol–water partition coefficient (Wildman–Crippen LogP) is 4.62. The molecule has 0 amide bonds. The highest BCUT2D eigenvalue weighted by Crippen LogP contribution is 2.71. The molecule has 0 aliphatic heterocycles. The molecule has 0 spiro atoms. The molecular formula is C27H37FO5S. The standard InChI is InChI=1S/C27H37FO5S/c1-6-11-34-15-23(32)27(33-17(3)29)16(2)12-21-20-8-7-18-13-19(30)9-10-24(18,4)26(20,28)22(31)14-25(21,27)5/h9-10,13,16,20-22,31H,6-8,11-12,14-15H2,1-5H3/t16-,20-,21-,22-,24-,25-,26-,27-/m0/s1. The minimum absolute atomic E-state index is 0.0249. The highest BCUT2D eigenvalue weighted by atomic mass is 32.2. The van der Waals surface area contributed by atoms with Gasteiger partial charge in [0.05, 0.1) is 11.9 Å². The number of Topliss-reactive ketones (excluding diaryl/α,β-unsaturated/α-hetero) is 1. The molecule has 4 rings (SSSR count). The van der Waals surface area contributed by atoms with Crippen molar-refractivity contribution in [3.8, 4) is 0 Å². The van der Waals surface area contributed by atoms with Crippen LogP contribution in [0.5, 0.6) is 0 Å². The summed E-state index contributed by atoms with van der Waals surface area (Å²) in [4.78, 5) is 38.1. The summed E-state index contributed by atoms with van der Waals surface area (Å²) in [5.74, 6) is -0.797. The average molecular weight is 493 g/mol. The number of thioether (sulfide) groups is 1. The summed E-state index contributed by atoms with van der Waals surface area (Å²) < 4.78 is 23.3. The van der Waals surface area contributed by atoms with E-state index in [9.17, 15) is 19.5 Å². The number of carbonyl (C=O) groups excluding carboxylic acids is 3. The van der Waals surface area contributed by atoms with Gasteiger partial charge >= 0.3 is 5.97 Å². The molecule has 0 unspecified atom stereocenters. The van der Waals surface area contributed by atoms with Gasteiger partial charge in [0.25, 0.3) is 0 Å². The second-order valence-corrected chi connectivity index (χ2v) is 12.3. The highest BCUT2D eigenvalue weighted by Gasteiger charge is 2.77. The van der Waals surface area contributed by atoms with Crippen molar-refractivity contribution < 1.29 is 28.6 Å². The largest absolute Gasteiger partial charge is 0.450 e. The van der Waals surface area contributed by atoms with E-state index < -0.39 is 40.1 Å². The topological polar surface area (TPSA) is 80.7 Å². The fourth-order valence-corrected chi connectivity index (χ4v) is 8.87. The Morgan fingerprint density at radius 3 is 2.65 bits per heavy atom. The van der Waals surface area contributed by atoms with Crippen LogP contribution < -0.4 is 0 Å². The molecule has 188 valence electrons. The number of ketones is 2. The Labute approximate surface area is 206 Å². The molecule has 34 heavy (non-hydrogen) atoms. The van der Waals surface area contributed by atoms with Crippen LogP contribution in [0.4, 0.5) is 4.39 Å². The summed E-state index contributed by atoms with van der Waals surface area (Å²) in [5, 5.41) is 11.5. The predicted molar refractivity (Wildman–Crippen MR) is 130 cm³/mol. The van der Waals surface area contributed by atoms with Crippen LogP contribution in [0.1, 0.15) is 66.7 Å². The van der Waals surface area contributed by atoms with Gasteiger partial charge < -0.3 is 9.84 Å². The third kappa shape index (κ3) is 3.25. The fourth-order valence-electron chi connectivity index (χ4n) is 8.04. The summed E-state index contributed by atoms with van der Waals surface area (Å²) >= 11 is 1.53. The molecule has 4 aliphatic rings. The Morgan fingerprint density at radius 1 is 1.29 bits per heavy atom. The van der Waals surface area contributed by atoms with Gasteiger partial charge in [0, 0.05) is 29.6 Å². The SMILES string of the molecule is CCCSCC(=O)[C@@]1(OC(C)=O)[C@@H](C)C[C@H]2[C@@H]3CCC4=CC(=O)C=C[C@]4(C)[C@@]3(F)[C@@H](O)C[C@@]21C. The summed E-state index contributed by atoms with van der Waals surface area (Å²) in [6.45, 7) is 9.00. The van der Waals surface area contributed by atoms with Crippen molar-refractivity contribution in [2.45, 2.75) is 84.1 Å². The van der Waals surface area contributed by atoms with Crippen LogP contribution in [0.25, 0.3) is 0 Å². The molecule has 3 saturated carbocycles. The van der Waals surface area contributed by atoms with Crippen molar-refractivity contribution in [3.63, 3.8) is 0 Å². The number of esters is 1. The third-order valence-corrected chi connectivity index (χ3v) is 10.6. The Kier molecular flexibility index (Phi) is 6.46. The number of halogens is 1. The molecule has 0 bridgehead atoms. The van der Waals surface area contributed by atoms with Crippen molar-refractivity contribution in [2.24, 2.45) is 28.6 Å². The third-order valence-electron chi connectivity index (χ3n) is 9.48. The van der Waals surface area contributed by atoms with Crippen LogP contribution in [-0.4, -0.2) is 51.5 Å². The molecule has 7 heteroatoms. The quantitative estimate of drug-likeness (QED) is 0.431. The monoisotopic (exact) mass is 492 g/mol. The van der Waals surface area contributed by atoms with Gasteiger partial charge in [-0.05, 0) is 62.9 Å². The summed E-state index contributed by atoms with van der Waals surface area (Å²) in [5.41, 5.74) is -4.59. The zero-order valence-electron chi connectivity index (χ0n) is 20.9. The van der Waals surface area contributed by atoms with Gasteiger partial charge in [-0.3, -0.25) is 14.4 Å². The molecule has 4 aliphatic carbocycles. The first-order valence-corrected chi connectivity index (χ1v) is 13.7. The molecule has 0 aromatic carbocycles. The van der Waals surface area contributed by atoms with E-state index in [4.69, 9.17) is 4.74 Å². The highest BCUT2D eigenvalue weighted by molar-refractivity contribution is 7.99. The lowest BCUT2D eigenvalue weighted by Crippen LogP contribution is -2.70. The number of rotatable bonds is 6. The van der Waals surface area contributed by atoms with Gasteiger partial charge in [0.15, 0.2) is 22.8 Å². The number of hydrogen-bond donors (Lipinski definition) is 1. The molecule has 0 saturated heterocycles. The van der Waals surface area contributed by atoms with Gasteiger partial charge in [0.2, 0.25) is 0 Å². The van der Waals surface area contributed by atoms with Crippen LogP contribution in [-0.2, 0) is 19.1 Å². The van der Waals surface area contributed by atoms with Gasteiger partial charge in [-0.1, -0.05) is 32.4 Å². The number of ether oxygens (including phenoxy) is 1. The van der Waals surface area contributed by atoms with E-state index in [-0.39, 0.29) is 35.6 Å². The molecular weight excluding hydrogens is 455 g/mol. The lowest BCUT2D eigenvalue weighted by atomic mass is 9.44. The first kappa shape index (κ1) is 25.6. The molecule has 5 nitrogen and oxygen atoms in total. The number of hydrogen-bond acceptors (Lipinski definition) is 6. The Hall–Kier alpha value is -1.47. The van der Waals surface area contributed by atoms with Crippen LogP contribution in [0, 0.1) is 28.6 Å². The normalized spacial score (nSPS) is 45.1. The lowest BCUT2D eigenvalue weighted by molar-refractivity contribution is -0.226. The van der Waals surface area contributed by atoms with E-state index in [0.717, 1.165) is 17.7 Å². The van der Waals surface area contributed by atoms with Crippen LogP contribution >= 0.6 is 11.8 Å². The first-order chi connectivity index (χ1) is 15.9. The maximum Gasteiger partial charge on any atom is 0.303 e. The maximum atomic E-state index is 17.3. The Balaban J connectivity index is 1.80. The van der Waals surface area contributed by atoms with Crippen molar-refractivity contribution in [1.82, 2.24) is 0 Å². The van der Waals surface area contributed by atoms with Crippen molar-refractivity contribution in [2.75, 3.05) is 11.5 Å². The van der Waals surface area contributed by atoms with E-state index in [1.54, 1.807) is 13.0 Å². The van der Waals surface area contributed by atoms with Crippen LogP contribution in [0.2, 0.25) is 0 Å². The summed E-state index contributed by atoms with van der Waals surface area (Å²) in [6, 6.07) is 0. The van der Waals surface area contributed by atoms with Gasteiger partial charge in [-0.25, -0.2) is 4.39 Å². The second kappa shape index (κ2) is 8.58. The maximum absolute atomic E-state index is 17.3.